The molecule has 2 heteroatoms. The molecule has 1 atom stereocenters. The Morgan fingerprint density at radius 1 is 1.40 bits per heavy atom. The molecule has 0 amide bonds. The smallest absolute Gasteiger partial charge is 0.126 e. The highest BCUT2D eigenvalue weighted by Crippen LogP contribution is 2.45. The molecule has 80 valence electrons. The number of ether oxygens (including phenoxy) is 2. The molecule has 1 fully saturated rings. The Hall–Kier alpha value is -1.28. The van der Waals surface area contributed by atoms with Crippen molar-refractivity contribution in [3.05, 3.63) is 42.7 Å². The summed E-state index contributed by atoms with van der Waals surface area (Å²) in [7, 11) is 0. The maximum atomic E-state index is 5.57. The quantitative estimate of drug-likeness (QED) is 0.703. The third-order valence-corrected chi connectivity index (χ3v) is 2.73. The Bertz CT molecular complexity index is 351. The van der Waals surface area contributed by atoms with E-state index in [1.807, 2.05) is 24.3 Å². The van der Waals surface area contributed by atoms with Gasteiger partial charge in [-0.05, 0) is 17.7 Å². The Kier molecular flexibility index (Phi) is 2.53. The van der Waals surface area contributed by atoms with E-state index in [2.05, 4.69) is 20.4 Å². The highest BCUT2D eigenvalue weighted by molar-refractivity contribution is 5.30. The van der Waals surface area contributed by atoms with Crippen molar-refractivity contribution in [2.45, 2.75) is 20.0 Å². The lowest BCUT2D eigenvalue weighted by Crippen LogP contribution is -2.40. The predicted octanol–water partition coefficient (Wildman–Crippen LogP) is 3.31. The van der Waals surface area contributed by atoms with E-state index in [9.17, 15) is 0 Å². The number of hydrogen-bond acceptors (Lipinski definition) is 2. The van der Waals surface area contributed by atoms with Crippen LogP contribution < -0.4 is 4.74 Å². The van der Waals surface area contributed by atoms with Crippen molar-refractivity contribution in [3.63, 3.8) is 0 Å². The Balaban J connectivity index is 2.13. The summed E-state index contributed by atoms with van der Waals surface area (Å²) in [5.74, 6) is 0.811. The van der Waals surface area contributed by atoms with Gasteiger partial charge in [-0.1, -0.05) is 32.6 Å². The van der Waals surface area contributed by atoms with E-state index in [0.29, 0.717) is 0 Å². The van der Waals surface area contributed by atoms with Crippen molar-refractivity contribution in [3.8, 4) is 5.75 Å². The number of rotatable bonds is 3. The minimum Gasteiger partial charge on any atom is -0.466 e. The van der Waals surface area contributed by atoms with Crippen molar-refractivity contribution in [2.75, 3.05) is 6.61 Å². The fourth-order valence-electron chi connectivity index (χ4n) is 1.86. The summed E-state index contributed by atoms with van der Waals surface area (Å²) in [6.45, 7) is 8.79. The van der Waals surface area contributed by atoms with E-state index in [-0.39, 0.29) is 11.5 Å². The van der Waals surface area contributed by atoms with Gasteiger partial charge < -0.3 is 9.47 Å². The molecule has 1 aromatic carbocycles. The average molecular weight is 204 g/mol. The first-order chi connectivity index (χ1) is 7.13. The fraction of sp³-hybridized carbons (Fsp3) is 0.385. The topological polar surface area (TPSA) is 18.5 Å². The van der Waals surface area contributed by atoms with Crippen molar-refractivity contribution in [2.24, 2.45) is 5.41 Å². The third-order valence-electron chi connectivity index (χ3n) is 2.73. The molecule has 0 bridgehead atoms. The van der Waals surface area contributed by atoms with Gasteiger partial charge in [0.25, 0.3) is 0 Å². The van der Waals surface area contributed by atoms with Gasteiger partial charge in [-0.3, -0.25) is 0 Å². The van der Waals surface area contributed by atoms with E-state index in [1.165, 1.54) is 11.8 Å². The molecule has 1 saturated heterocycles. The van der Waals surface area contributed by atoms with E-state index < -0.39 is 0 Å². The van der Waals surface area contributed by atoms with E-state index in [0.717, 1.165) is 12.4 Å². The molecule has 1 aliphatic rings. The van der Waals surface area contributed by atoms with Crippen LogP contribution >= 0.6 is 0 Å². The SMILES string of the molecule is C=COc1ccc(C2OCC2(C)C)cc1. The maximum absolute atomic E-state index is 5.57. The van der Waals surface area contributed by atoms with Crippen LogP contribution in [0.5, 0.6) is 5.75 Å². The minimum atomic E-state index is 0.218. The number of benzene rings is 1. The highest BCUT2D eigenvalue weighted by atomic mass is 16.5. The molecule has 0 saturated carbocycles. The van der Waals surface area contributed by atoms with Gasteiger partial charge in [0.2, 0.25) is 0 Å². The second-order valence-electron chi connectivity index (χ2n) is 4.53. The normalized spacial score (nSPS) is 22.9. The summed E-state index contributed by atoms with van der Waals surface area (Å²) in [5.41, 5.74) is 1.46. The lowest BCUT2D eigenvalue weighted by molar-refractivity contribution is -0.172. The van der Waals surface area contributed by atoms with E-state index >= 15 is 0 Å². The first-order valence-electron chi connectivity index (χ1n) is 5.12. The van der Waals surface area contributed by atoms with Gasteiger partial charge in [-0.2, -0.15) is 0 Å². The van der Waals surface area contributed by atoms with Crippen LogP contribution in [0.2, 0.25) is 0 Å². The Labute approximate surface area is 90.5 Å². The van der Waals surface area contributed by atoms with Crippen molar-refractivity contribution >= 4 is 0 Å². The molecule has 1 aromatic rings. The van der Waals surface area contributed by atoms with E-state index in [4.69, 9.17) is 9.47 Å². The van der Waals surface area contributed by atoms with Crippen LogP contribution in [0.15, 0.2) is 37.1 Å². The molecule has 0 aromatic heterocycles. The summed E-state index contributed by atoms with van der Waals surface area (Å²) in [6.07, 6.45) is 1.65. The standard InChI is InChI=1S/C13H16O2/c1-4-14-11-7-5-10(6-8-11)12-13(2,3)9-15-12/h4-8,12H,1,9H2,2-3H3. The van der Waals surface area contributed by atoms with Gasteiger partial charge in [0.05, 0.1) is 19.0 Å². The maximum Gasteiger partial charge on any atom is 0.126 e. The van der Waals surface area contributed by atoms with Crippen molar-refractivity contribution in [1.82, 2.24) is 0 Å². The molecular weight excluding hydrogens is 188 g/mol. The lowest BCUT2D eigenvalue weighted by Gasteiger charge is -2.44. The first-order valence-corrected chi connectivity index (χ1v) is 5.12. The van der Waals surface area contributed by atoms with Gasteiger partial charge >= 0.3 is 0 Å². The van der Waals surface area contributed by atoms with Gasteiger partial charge in [-0.25, -0.2) is 0 Å². The van der Waals surface area contributed by atoms with E-state index in [1.54, 1.807) is 0 Å². The molecule has 2 rings (SSSR count). The van der Waals surface area contributed by atoms with Crippen LogP contribution in [0.3, 0.4) is 0 Å². The molecule has 2 nitrogen and oxygen atoms in total. The van der Waals surface area contributed by atoms with Gasteiger partial charge in [0, 0.05) is 5.41 Å². The molecule has 0 spiro atoms. The van der Waals surface area contributed by atoms with Crippen LogP contribution in [-0.2, 0) is 4.74 Å². The van der Waals surface area contributed by atoms with Crippen LogP contribution in [0, 0.1) is 5.41 Å². The number of hydrogen-bond donors (Lipinski definition) is 0. The summed E-state index contributed by atoms with van der Waals surface area (Å²) in [4.78, 5) is 0. The second-order valence-corrected chi connectivity index (χ2v) is 4.53. The zero-order valence-corrected chi connectivity index (χ0v) is 9.19. The summed E-state index contributed by atoms with van der Waals surface area (Å²) in [6, 6.07) is 7.97. The van der Waals surface area contributed by atoms with Crippen LogP contribution in [-0.4, -0.2) is 6.61 Å². The molecule has 1 aliphatic heterocycles. The zero-order chi connectivity index (χ0) is 10.9. The van der Waals surface area contributed by atoms with Gasteiger partial charge in [-0.15, -0.1) is 0 Å². The lowest BCUT2D eigenvalue weighted by atomic mass is 9.79. The van der Waals surface area contributed by atoms with Crippen molar-refractivity contribution in [1.29, 1.82) is 0 Å². The molecule has 0 N–H and O–H groups in total. The summed E-state index contributed by atoms with van der Waals surface area (Å²) < 4.78 is 10.7. The highest BCUT2D eigenvalue weighted by Gasteiger charge is 2.40. The minimum absolute atomic E-state index is 0.218. The molecular formula is C13H16O2. The van der Waals surface area contributed by atoms with Gasteiger partial charge in [0.15, 0.2) is 0 Å². The molecule has 15 heavy (non-hydrogen) atoms. The molecule has 0 radical (unpaired) electrons. The fourth-order valence-corrected chi connectivity index (χ4v) is 1.86. The first kappa shape index (κ1) is 10.2. The average Bonchev–Trinajstić information content (AvgIpc) is 2.20. The second kappa shape index (κ2) is 3.70. The van der Waals surface area contributed by atoms with Crippen LogP contribution in [0.25, 0.3) is 0 Å². The van der Waals surface area contributed by atoms with Crippen LogP contribution in [0.4, 0.5) is 0 Å². The third kappa shape index (κ3) is 1.90. The molecule has 0 aliphatic carbocycles. The largest absolute Gasteiger partial charge is 0.466 e. The zero-order valence-electron chi connectivity index (χ0n) is 9.19. The Morgan fingerprint density at radius 2 is 2.07 bits per heavy atom. The monoisotopic (exact) mass is 204 g/mol. The predicted molar refractivity (Wildman–Crippen MR) is 59.7 cm³/mol. The molecule has 1 heterocycles. The summed E-state index contributed by atoms with van der Waals surface area (Å²) >= 11 is 0. The Morgan fingerprint density at radius 3 is 2.47 bits per heavy atom. The van der Waals surface area contributed by atoms with Crippen molar-refractivity contribution < 1.29 is 9.47 Å². The molecule has 1 unspecified atom stereocenters. The van der Waals surface area contributed by atoms with Crippen LogP contribution in [0.1, 0.15) is 25.5 Å². The summed E-state index contributed by atoms with van der Waals surface area (Å²) in [5, 5.41) is 0. The van der Waals surface area contributed by atoms with Gasteiger partial charge in [0.1, 0.15) is 5.75 Å².